The summed E-state index contributed by atoms with van der Waals surface area (Å²) in [5, 5.41) is 3.74. The van der Waals surface area contributed by atoms with E-state index >= 15 is 0 Å². The van der Waals surface area contributed by atoms with Gasteiger partial charge in [0.15, 0.2) is 0 Å². The highest BCUT2D eigenvalue weighted by Crippen LogP contribution is 2.35. The van der Waals surface area contributed by atoms with Crippen LogP contribution in [0.15, 0.2) is 85.5 Å². The van der Waals surface area contributed by atoms with Crippen LogP contribution in [0.2, 0.25) is 0 Å². The number of rotatable bonds is 11. The highest BCUT2D eigenvalue weighted by atomic mass is 32.2. The van der Waals surface area contributed by atoms with Crippen LogP contribution < -0.4 is 5.32 Å². The van der Waals surface area contributed by atoms with Gasteiger partial charge in [-0.2, -0.15) is 0 Å². The van der Waals surface area contributed by atoms with Crippen LogP contribution in [0.25, 0.3) is 0 Å². The fourth-order valence-electron chi connectivity index (χ4n) is 3.99. The summed E-state index contributed by atoms with van der Waals surface area (Å²) >= 11 is 1.80. The molecule has 0 saturated carbocycles. The van der Waals surface area contributed by atoms with Crippen LogP contribution in [0.3, 0.4) is 0 Å². The van der Waals surface area contributed by atoms with Crippen molar-refractivity contribution in [1.29, 1.82) is 0 Å². The summed E-state index contributed by atoms with van der Waals surface area (Å²) in [5.74, 6) is 0.428. The Morgan fingerprint density at radius 2 is 1.56 bits per heavy atom. The Morgan fingerprint density at radius 1 is 1.00 bits per heavy atom. The second-order valence-corrected chi connectivity index (χ2v) is 9.25. The lowest BCUT2D eigenvalue weighted by Crippen LogP contribution is -2.43. The third-order valence-electron chi connectivity index (χ3n) is 5.75. The number of nitrogens with one attached hydrogen (secondary N) is 1. The molecular weight excluding hydrogens is 422 g/mol. The molecule has 1 heterocycles. The van der Waals surface area contributed by atoms with Crippen molar-refractivity contribution in [2.75, 3.05) is 31.9 Å². The monoisotopic (exact) mass is 454 g/mol. The van der Waals surface area contributed by atoms with Crippen LogP contribution in [0, 0.1) is 11.6 Å². The molecule has 1 aliphatic heterocycles. The quantitative estimate of drug-likeness (QED) is 0.324. The van der Waals surface area contributed by atoms with E-state index in [0.29, 0.717) is 6.04 Å². The molecule has 2 nitrogen and oxygen atoms in total. The first-order valence-corrected chi connectivity index (χ1v) is 12.2. The largest absolute Gasteiger partial charge is 0.313 e. The van der Waals surface area contributed by atoms with E-state index in [0.717, 1.165) is 55.9 Å². The summed E-state index contributed by atoms with van der Waals surface area (Å²) in [7, 11) is 0. The normalized spacial score (nSPS) is 15.8. The number of hydrogen-bond acceptors (Lipinski definition) is 3. The van der Waals surface area contributed by atoms with Gasteiger partial charge in [0.25, 0.3) is 0 Å². The van der Waals surface area contributed by atoms with Crippen molar-refractivity contribution in [3.63, 3.8) is 0 Å². The molecule has 0 aromatic heterocycles. The maximum atomic E-state index is 13.4. The maximum Gasteiger partial charge on any atom is 0.123 e. The average molecular weight is 455 g/mol. The number of nitrogens with zero attached hydrogens (tertiary/aromatic N) is 1. The van der Waals surface area contributed by atoms with E-state index in [2.05, 4.69) is 23.4 Å². The standard InChI is InChI=1S/C27H32F2N2S/c1-3-5-21(4-2)20-31-17-14-26(15-18-31)30-16-19-32-27(22-6-10-24(28)11-7-22)23-8-12-25(29)13-9-23/h3-13,26-27,30H,1-2,14-20H2/b21-5+. The van der Waals surface area contributed by atoms with Gasteiger partial charge in [0, 0.05) is 24.9 Å². The molecule has 2 aromatic carbocycles. The smallest absolute Gasteiger partial charge is 0.123 e. The van der Waals surface area contributed by atoms with E-state index in [1.165, 1.54) is 29.8 Å². The van der Waals surface area contributed by atoms with Gasteiger partial charge in [-0.05, 0) is 66.9 Å². The van der Waals surface area contributed by atoms with E-state index in [-0.39, 0.29) is 16.9 Å². The zero-order valence-corrected chi connectivity index (χ0v) is 19.3. The van der Waals surface area contributed by atoms with Crippen molar-refractivity contribution in [3.05, 3.63) is 108 Å². The first-order valence-electron chi connectivity index (χ1n) is 11.1. The number of piperidine rings is 1. The molecule has 1 saturated heterocycles. The van der Waals surface area contributed by atoms with Crippen molar-refractivity contribution >= 4 is 11.8 Å². The predicted molar refractivity (Wildman–Crippen MR) is 133 cm³/mol. The molecule has 0 radical (unpaired) electrons. The molecule has 170 valence electrons. The minimum atomic E-state index is -0.246. The Bertz CT molecular complexity index is 839. The lowest BCUT2D eigenvalue weighted by atomic mass is 10.0. The molecule has 2 aromatic rings. The number of thioether (sulfide) groups is 1. The van der Waals surface area contributed by atoms with Crippen molar-refractivity contribution in [2.24, 2.45) is 0 Å². The zero-order chi connectivity index (χ0) is 22.8. The van der Waals surface area contributed by atoms with Gasteiger partial charge in [-0.15, -0.1) is 11.8 Å². The summed E-state index contributed by atoms with van der Waals surface area (Å²) in [6.07, 6.45) is 7.99. The van der Waals surface area contributed by atoms with Gasteiger partial charge >= 0.3 is 0 Å². The Kier molecular flexibility index (Phi) is 9.72. The van der Waals surface area contributed by atoms with Gasteiger partial charge < -0.3 is 5.32 Å². The summed E-state index contributed by atoms with van der Waals surface area (Å²) in [6, 6.07) is 13.7. The molecule has 5 heteroatoms. The molecule has 0 amide bonds. The number of allylic oxidation sites excluding steroid dienone is 2. The fourth-order valence-corrected chi connectivity index (χ4v) is 5.16. The van der Waals surface area contributed by atoms with Gasteiger partial charge in [0.1, 0.15) is 11.6 Å². The first-order chi connectivity index (χ1) is 15.6. The lowest BCUT2D eigenvalue weighted by Gasteiger charge is -2.32. The van der Waals surface area contributed by atoms with Gasteiger partial charge in [-0.3, -0.25) is 4.90 Å². The Hall–Kier alpha value is -2.21. The van der Waals surface area contributed by atoms with Crippen molar-refractivity contribution in [3.8, 4) is 0 Å². The second kappa shape index (κ2) is 12.7. The van der Waals surface area contributed by atoms with E-state index < -0.39 is 0 Å². The number of halogens is 2. The number of likely N-dealkylation sites (tertiary alicyclic amines) is 1. The second-order valence-electron chi connectivity index (χ2n) is 8.04. The lowest BCUT2D eigenvalue weighted by molar-refractivity contribution is 0.214. The highest BCUT2D eigenvalue weighted by Gasteiger charge is 2.19. The van der Waals surface area contributed by atoms with Crippen molar-refractivity contribution in [2.45, 2.75) is 24.1 Å². The molecular formula is C27H32F2N2S. The Balaban J connectivity index is 1.48. The SMILES string of the molecule is C=C/C=C(\C=C)CN1CCC(NCCSC(c2ccc(F)cc2)c2ccc(F)cc2)CC1. The molecule has 1 fully saturated rings. The maximum absolute atomic E-state index is 13.4. The first kappa shape index (κ1) is 24.4. The van der Waals surface area contributed by atoms with E-state index in [1.807, 2.05) is 42.5 Å². The fraction of sp³-hybridized carbons (Fsp3) is 0.333. The molecule has 0 unspecified atom stereocenters. The summed E-state index contributed by atoms with van der Waals surface area (Å²) in [6.45, 7) is 11.6. The minimum Gasteiger partial charge on any atom is -0.313 e. The summed E-state index contributed by atoms with van der Waals surface area (Å²) < 4.78 is 26.8. The Morgan fingerprint density at radius 3 is 2.06 bits per heavy atom. The van der Waals surface area contributed by atoms with Gasteiger partial charge in [-0.25, -0.2) is 8.78 Å². The van der Waals surface area contributed by atoms with Crippen molar-refractivity contribution in [1.82, 2.24) is 10.2 Å². The van der Waals surface area contributed by atoms with E-state index in [1.54, 1.807) is 11.8 Å². The van der Waals surface area contributed by atoms with Crippen LogP contribution in [0.1, 0.15) is 29.2 Å². The van der Waals surface area contributed by atoms with Crippen LogP contribution in [0.5, 0.6) is 0 Å². The minimum absolute atomic E-state index is 0.0498. The van der Waals surface area contributed by atoms with Crippen LogP contribution in [-0.2, 0) is 0 Å². The highest BCUT2D eigenvalue weighted by molar-refractivity contribution is 7.99. The van der Waals surface area contributed by atoms with Gasteiger partial charge in [-0.1, -0.05) is 55.7 Å². The molecule has 0 aliphatic carbocycles. The predicted octanol–water partition coefficient (Wildman–Crippen LogP) is 6.14. The molecule has 1 N–H and O–H groups in total. The van der Waals surface area contributed by atoms with Gasteiger partial charge in [0.05, 0.1) is 5.25 Å². The molecule has 0 atom stereocenters. The van der Waals surface area contributed by atoms with Crippen LogP contribution in [-0.4, -0.2) is 42.9 Å². The Labute approximate surface area is 195 Å². The third-order valence-corrected chi connectivity index (χ3v) is 7.07. The molecule has 0 bridgehead atoms. The molecule has 0 spiro atoms. The topological polar surface area (TPSA) is 15.3 Å². The van der Waals surface area contributed by atoms with Crippen LogP contribution in [0.4, 0.5) is 8.78 Å². The zero-order valence-electron chi connectivity index (χ0n) is 18.5. The molecule has 32 heavy (non-hydrogen) atoms. The average Bonchev–Trinajstić information content (AvgIpc) is 2.81. The number of hydrogen-bond donors (Lipinski definition) is 1. The van der Waals surface area contributed by atoms with Crippen molar-refractivity contribution < 1.29 is 8.78 Å². The summed E-state index contributed by atoms with van der Waals surface area (Å²) in [4.78, 5) is 2.46. The molecule has 1 aliphatic rings. The van der Waals surface area contributed by atoms with Crippen LogP contribution >= 0.6 is 11.8 Å². The van der Waals surface area contributed by atoms with E-state index in [4.69, 9.17) is 0 Å². The van der Waals surface area contributed by atoms with Gasteiger partial charge in [0.2, 0.25) is 0 Å². The summed E-state index contributed by atoms with van der Waals surface area (Å²) in [5.41, 5.74) is 3.26. The van der Waals surface area contributed by atoms with E-state index in [9.17, 15) is 8.78 Å². The number of benzene rings is 2. The third kappa shape index (κ3) is 7.44. The molecule has 3 rings (SSSR count).